The lowest BCUT2D eigenvalue weighted by molar-refractivity contribution is 0.0928. The van der Waals surface area contributed by atoms with Crippen LogP contribution < -0.4 is 5.32 Å². The number of carbonyl (C=O) groups excluding carboxylic acids is 2. The molecule has 0 bridgehead atoms. The van der Waals surface area contributed by atoms with Gasteiger partial charge in [0.1, 0.15) is 5.69 Å². The highest BCUT2D eigenvalue weighted by molar-refractivity contribution is 6.07. The number of aromatic nitrogens is 7. The summed E-state index contributed by atoms with van der Waals surface area (Å²) < 4.78 is 3.23. The molecule has 0 saturated heterocycles. The second-order valence-corrected chi connectivity index (χ2v) is 7.97. The number of nitrogens with one attached hydrogen (secondary N) is 2. The second kappa shape index (κ2) is 8.74. The summed E-state index contributed by atoms with van der Waals surface area (Å²) in [7, 11) is 1.64. The molecule has 0 spiro atoms. The first kappa shape index (κ1) is 21.3. The van der Waals surface area contributed by atoms with Crippen molar-refractivity contribution in [3.63, 3.8) is 0 Å². The number of carbonyl (C=O) groups is 2. The zero-order chi connectivity index (χ0) is 23.7. The lowest BCUT2D eigenvalue weighted by Crippen LogP contribution is -2.25. The molecule has 34 heavy (non-hydrogen) atoms. The smallest absolute Gasteiger partial charge is 0.255 e. The zero-order valence-electron chi connectivity index (χ0n) is 18.7. The molecule has 0 atom stereocenters. The average molecular weight is 454 g/mol. The Hall–Kier alpha value is -4.60. The van der Waals surface area contributed by atoms with Crippen LogP contribution >= 0.6 is 0 Å². The van der Waals surface area contributed by atoms with Gasteiger partial charge in [-0.1, -0.05) is 30.3 Å². The fourth-order valence-electron chi connectivity index (χ4n) is 3.77. The van der Waals surface area contributed by atoms with Crippen LogP contribution in [0.3, 0.4) is 0 Å². The highest BCUT2D eigenvalue weighted by atomic mass is 16.2. The Bertz CT molecular complexity index is 1500. The van der Waals surface area contributed by atoms with Crippen molar-refractivity contribution in [1.29, 1.82) is 0 Å². The van der Waals surface area contributed by atoms with Gasteiger partial charge in [0.25, 0.3) is 5.91 Å². The molecule has 0 aliphatic carbocycles. The van der Waals surface area contributed by atoms with Crippen molar-refractivity contribution >= 4 is 17.5 Å². The maximum atomic E-state index is 13.1. The summed E-state index contributed by atoms with van der Waals surface area (Å²) in [6.45, 7) is 2.13. The number of imidazole rings is 1. The number of Topliss-reactive ketones (excluding diaryl/α,β-unsaturated/α-hetero) is 1. The molecular formula is C24H22N8O2. The van der Waals surface area contributed by atoms with E-state index in [0.29, 0.717) is 17.2 Å². The molecule has 4 heterocycles. The van der Waals surface area contributed by atoms with Gasteiger partial charge in [-0.2, -0.15) is 10.2 Å². The van der Waals surface area contributed by atoms with E-state index in [1.54, 1.807) is 13.1 Å². The van der Waals surface area contributed by atoms with Gasteiger partial charge in [0.05, 0.1) is 41.8 Å². The van der Waals surface area contributed by atoms with E-state index in [4.69, 9.17) is 0 Å². The van der Waals surface area contributed by atoms with Crippen LogP contribution in [0, 0.1) is 6.92 Å². The zero-order valence-corrected chi connectivity index (χ0v) is 18.7. The molecule has 0 aliphatic heterocycles. The highest BCUT2D eigenvalue weighted by Crippen LogP contribution is 2.18. The maximum absolute atomic E-state index is 13.1. The molecule has 2 N–H and O–H groups in total. The first-order valence-electron chi connectivity index (χ1n) is 10.7. The number of hydrogen-bond donors (Lipinski definition) is 2. The molecular weight excluding hydrogens is 432 g/mol. The Morgan fingerprint density at radius 1 is 1.09 bits per heavy atom. The van der Waals surface area contributed by atoms with Gasteiger partial charge >= 0.3 is 0 Å². The van der Waals surface area contributed by atoms with Crippen molar-refractivity contribution in [3.8, 4) is 11.3 Å². The third-order valence-corrected chi connectivity index (χ3v) is 5.43. The van der Waals surface area contributed by atoms with E-state index in [9.17, 15) is 9.59 Å². The summed E-state index contributed by atoms with van der Waals surface area (Å²) >= 11 is 0. The molecule has 1 amide bonds. The quantitative estimate of drug-likeness (QED) is 0.364. The molecule has 5 rings (SSSR count). The summed E-state index contributed by atoms with van der Waals surface area (Å²) in [6.07, 6.45) is 5.14. The fraction of sp³-hybridized carbons (Fsp3) is 0.167. The summed E-state index contributed by atoms with van der Waals surface area (Å²) in [4.78, 5) is 35.0. The Kier molecular flexibility index (Phi) is 5.46. The van der Waals surface area contributed by atoms with Crippen molar-refractivity contribution in [2.24, 2.45) is 7.05 Å². The van der Waals surface area contributed by atoms with Gasteiger partial charge in [0, 0.05) is 30.7 Å². The number of benzene rings is 1. The SMILES string of the molecule is Cc1cc(CNC(=O)c2cnn(C)c2C(=O)Cc2ccn3cc(-c4ccccc4)nc3n2)n[nH]1. The van der Waals surface area contributed by atoms with Gasteiger partial charge in [-0.3, -0.25) is 23.8 Å². The van der Waals surface area contributed by atoms with Gasteiger partial charge in [0.15, 0.2) is 5.78 Å². The van der Waals surface area contributed by atoms with Gasteiger partial charge in [0.2, 0.25) is 5.78 Å². The number of nitrogens with zero attached hydrogens (tertiary/aromatic N) is 6. The Morgan fingerprint density at radius 3 is 2.68 bits per heavy atom. The largest absolute Gasteiger partial charge is 0.346 e. The van der Waals surface area contributed by atoms with Crippen LogP contribution in [-0.4, -0.2) is 46.0 Å². The van der Waals surface area contributed by atoms with Crippen molar-refractivity contribution < 1.29 is 9.59 Å². The molecule has 4 aromatic heterocycles. The van der Waals surface area contributed by atoms with Crippen LogP contribution in [0.1, 0.15) is 37.9 Å². The molecule has 10 heteroatoms. The van der Waals surface area contributed by atoms with Gasteiger partial charge in [-0.05, 0) is 19.1 Å². The number of H-pyrrole nitrogens is 1. The molecule has 0 saturated carbocycles. The highest BCUT2D eigenvalue weighted by Gasteiger charge is 2.23. The minimum atomic E-state index is -0.388. The van der Waals surface area contributed by atoms with Crippen LogP contribution in [0.25, 0.3) is 17.0 Å². The van der Waals surface area contributed by atoms with Crippen LogP contribution in [0.2, 0.25) is 0 Å². The first-order valence-corrected chi connectivity index (χ1v) is 10.7. The third-order valence-electron chi connectivity index (χ3n) is 5.43. The van der Waals surface area contributed by atoms with Crippen LogP contribution in [0.15, 0.2) is 61.1 Å². The molecule has 5 aromatic rings. The number of amides is 1. The Labute approximate surface area is 194 Å². The van der Waals surface area contributed by atoms with E-state index >= 15 is 0 Å². The van der Waals surface area contributed by atoms with Gasteiger partial charge in [-0.25, -0.2) is 9.97 Å². The summed E-state index contributed by atoms with van der Waals surface area (Å²) in [6, 6.07) is 13.4. The van der Waals surface area contributed by atoms with Gasteiger partial charge < -0.3 is 5.32 Å². The number of aryl methyl sites for hydroxylation is 2. The molecule has 0 radical (unpaired) electrons. The molecule has 170 valence electrons. The molecule has 0 fully saturated rings. The van der Waals surface area contributed by atoms with Gasteiger partial charge in [-0.15, -0.1) is 0 Å². The van der Waals surface area contributed by atoms with Crippen LogP contribution in [0.5, 0.6) is 0 Å². The normalized spacial score (nSPS) is 11.1. The lowest BCUT2D eigenvalue weighted by Gasteiger charge is -2.06. The number of rotatable bonds is 7. The summed E-state index contributed by atoms with van der Waals surface area (Å²) in [5.41, 5.74) is 4.39. The van der Waals surface area contributed by atoms with E-state index in [-0.39, 0.29) is 35.9 Å². The van der Waals surface area contributed by atoms with E-state index in [2.05, 4.69) is 30.6 Å². The predicted molar refractivity (Wildman–Crippen MR) is 124 cm³/mol. The summed E-state index contributed by atoms with van der Waals surface area (Å²) in [5.74, 6) is -0.143. The number of fused-ring (bicyclic) bond motifs is 1. The number of ketones is 1. The van der Waals surface area contributed by atoms with E-state index < -0.39 is 0 Å². The van der Waals surface area contributed by atoms with Crippen molar-refractivity contribution in [2.45, 2.75) is 19.9 Å². The molecule has 0 unspecified atom stereocenters. The molecule has 1 aromatic carbocycles. The topological polar surface area (TPSA) is 123 Å². The van der Waals surface area contributed by atoms with Crippen molar-refractivity contribution in [3.05, 3.63) is 89.4 Å². The third kappa shape index (κ3) is 4.20. The molecule has 0 aliphatic rings. The second-order valence-electron chi connectivity index (χ2n) is 7.97. The standard InChI is InChI=1S/C24H22N8O2/c1-15-10-18(30-29-15)12-25-23(34)19-13-26-31(2)22(19)21(33)11-17-8-9-32-14-20(28-24(32)27-17)16-6-4-3-5-7-16/h3-10,13-14H,11-12H2,1-2H3,(H,25,34)(H,29,30). The predicted octanol–water partition coefficient (Wildman–Crippen LogP) is 2.52. The monoisotopic (exact) mass is 454 g/mol. The lowest BCUT2D eigenvalue weighted by atomic mass is 10.1. The minimum Gasteiger partial charge on any atom is -0.346 e. The minimum absolute atomic E-state index is 0.0163. The Morgan fingerprint density at radius 2 is 1.91 bits per heavy atom. The van der Waals surface area contributed by atoms with E-state index in [1.165, 1.54) is 10.9 Å². The van der Waals surface area contributed by atoms with Crippen molar-refractivity contribution in [2.75, 3.05) is 0 Å². The number of hydrogen-bond acceptors (Lipinski definition) is 6. The first-order chi connectivity index (χ1) is 16.5. The molecule has 10 nitrogen and oxygen atoms in total. The Balaban J connectivity index is 1.34. The fourth-order valence-corrected chi connectivity index (χ4v) is 3.77. The van der Waals surface area contributed by atoms with E-state index in [1.807, 2.05) is 60.1 Å². The maximum Gasteiger partial charge on any atom is 0.255 e. The van der Waals surface area contributed by atoms with Crippen LogP contribution in [0.4, 0.5) is 0 Å². The van der Waals surface area contributed by atoms with Crippen molar-refractivity contribution in [1.82, 2.24) is 39.7 Å². The average Bonchev–Trinajstić information content (AvgIpc) is 3.55. The summed E-state index contributed by atoms with van der Waals surface area (Å²) in [5, 5.41) is 13.8. The van der Waals surface area contributed by atoms with Crippen LogP contribution in [-0.2, 0) is 20.0 Å². The van der Waals surface area contributed by atoms with E-state index in [0.717, 1.165) is 17.0 Å². The number of aromatic amines is 1.